The number of carbonyl (C=O) groups excluding carboxylic acids is 1. The molecule has 0 atom stereocenters. The second-order valence-corrected chi connectivity index (χ2v) is 8.87. The lowest BCUT2D eigenvalue weighted by molar-refractivity contribution is 0.0621. The third-order valence-corrected chi connectivity index (χ3v) is 6.43. The predicted molar refractivity (Wildman–Crippen MR) is 124 cm³/mol. The smallest absolute Gasteiger partial charge is 0.270 e. The molecule has 1 aliphatic heterocycles. The molecule has 1 aliphatic rings. The molecule has 1 saturated heterocycles. The Kier molecular flexibility index (Phi) is 4.82. The van der Waals surface area contributed by atoms with Crippen LogP contribution in [0.3, 0.4) is 0 Å². The van der Waals surface area contributed by atoms with Gasteiger partial charge in [-0.05, 0) is 68.7 Å². The van der Waals surface area contributed by atoms with Gasteiger partial charge in [0.25, 0.3) is 5.91 Å². The SMILES string of the molecule is Cc1cc(C)c2cc(C(=O)N3CCN(Cc4c(C)nc5cc(C)ccn45)CC3)[nH]c2c1. The Balaban J connectivity index is 1.28. The lowest BCUT2D eigenvalue weighted by atomic mass is 10.1. The second kappa shape index (κ2) is 7.54. The van der Waals surface area contributed by atoms with Crippen molar-refractivity contribution in [3.63, 3.8) is 0 Å². The van der Waals surface area contributed by atoms with E-state index in [0.29, 0.717) is 5.69 Å². The summed E-state index contributed by atoms with van der Waals surface area (Å²) < 4.78 is 2.19. The number of aromatic nitrogens is 3. The molecule has 1 amide bonds. The first-order valence-electron chi connectivity index (χ1n) is 10.9. The quantitative estimate of drug-likeness (QED) is 0.550. The summed E-state index contributed by atoms with van der Waals surface area (Å²) in [5.41, 5.74) is 8.67. The number of carbonyl (C=O) groups is 1. The van der Waals surface area contributed by atoms with E-state index in [1.54, 1.807) is 0 Å². The summed E-state index contributed by atoms with van der Waals surface area (Å²) in [6, 6.07) is 10.5. The average Bonchev–Trinajstić information content (AvgIpc) is 3.29. The zero-order chi connectivity index (χ0) is 21.7. The highest BCUT2D eigenvalue weighted by Crippen LogP contribution is 2.23. The Morgan fingerprint density at radius 3 is 2.55 bits per heavy atom. The number of hydrogen-bond acceptors (Lipinski definition) is 3. The van der Waals surface area contributed by atoms with Gasteiger partial charge >= 0.3 is 0 Å². The van der Waals surface area contributed by atoms with Crippen LogP contribution in [-0.4, -0.2) is 56.3 Å². The summed E-state index contributed by atoms with van der Waals surface area (Å²) >= 11 is 0. The molecular weight excluding hydrogens is 386 g/mol. The number of aromatic amines is 1. The number of aryl methyl sites for hydroxylation is 4. The van der Waals surface area contributed by atoms with E-state index in [1.165, 1.54) is 22.4 Å². The first kappa shape index (κ1) is 19.8. The number of amides is 1. The molecule has 4 heterocycles. The van der Waals surface area contributed by atoms with Crippen molar-refractivity contribution in [3.8, 4) is 0 Å². The van der Waals surface area contributed by atoms with Crippen LogP contribution in [0.5, 0.6) is 0 Å². The predicted octanol–water partition coefficient (Wildman–Crippen LogP) is 4.01. The second-order valence-electron chi connectivity index (χ2n) is 8.87. The maximum absolute atomic E-state index is 13.1. The molecule has 6 nitrogen and oxygen atoms in total. The van der Waals surface area contributed by atoms with Crippen molar-refractivity contribution < 1.29 is 4.79 Å². The Labute approximate surface area is 182 Å². The van der Waals surface area contributed by atoms with Gasteiger partial charge in [-0.2, -0.15) is 0 Å². The molecule has 0 aliphatic carbocycles. The summed E-state index contributed by atoms with van der Waals surface area (Å²) in [7, 11) is 0. The van der Waals surface area contributed by atoms with Crippen LogP contribution >= 0.6 is 0 Å². The standard InChI is InChI=1S/C25H29N5O/c1-16-5-6-30-23(19(4)26-24(30)13-16)15-28-7-9-29(10-8-28)25(31)22-14-20-18(3)11-17(2)12-21(20)27-22/h5-6,11-14,27H,7-10,15H2,1-4H3. The minimum Gasteiger partial charge on any atom is -0.351 e. The fourth-order valence-corrected chi connectivity index (χ4v) is 4.71. The summed E-state index contributed by atoms with van der Waals surface area (Å²) in [6.45, 7) is 12.4. The molecule has 5 rings (SSSR count). The highest BCUT2D eigenvalue weighted by Gasteiger charge is 2.24. The molecule has 0 saturated carbocycles. The van der Waals surface area contributed by atoms with Crippen molar-refractivity contribution in [3.05, 3.63) is 70.3 Å². The first-order valence-corrected chi connectivity index (χ1v) is 10.9. The van der Waals surface area contributed by atoms with E-state index >= 15 is 0 Å². The number of piperazine rings is 1. The summed E-state index contributed by atoms with van der Waals surface area (Å²) in [6.07, 6.45) is 2.11. The minimum atomic E-state index is 0.0920. The topological polar surface area (TPSA) is 56.6 Å². The van der Waals surface area contributed by atoms with Gasteiger partial charge in [-0.3, -0.25) is 9.69 Å². The highest BCUT2D eigenvalue weighted by atomic mass is 16.2. The Hall–Kier alpha value is -3.12. The molecule has 1 aromatic carbocycles. The van der Waals surface area contributed by atoms with Crippen molar-refractivity contribution in [2.75, 3.05) is 26.2 Å². The first-order chi connectivity index (χ1) is 14.9. The molecule has 0 radical (unpaired) electrons. The van der Waals surface area contributed by atoms with Crippen LogP contribution in [0.2, 0.25) is 0 Å². The zero-order valence-corrected chi connectivity index (χ0v) is 18.7. The molecule has 4 aromatic rings. The van der Waals surface area contributed by atoms with Gasteiger partial charge in [0.2, 0.25) is 0 Å². The lowest BCUT2D eigenvalue weighted by Gasteiger charge is -2.34. The van der Waals surface area contributed by atoms with E-state index in [0.717, 1.165) is 55.0 Å². The molecule has 160 valence electrons. The summed E-state index contributed by atoms with van der Waals surface area (Å²) in [5, 5.41) is 1.13. The normalized spacial score (nSPS) is 15.3. The molecule has 0 spiro atoms. The van der Waals surface area contributed by atoms with Gasteiger partial charge < -0.3 is 14.3 Å². The fourth-order valence-electron chi connectivity index (χ4n) is 4.71. The number of H-pyrrole nitrogens is 1. The largest absolute Gasteiger partial charge is 0.351 e. The number of nitrogens with zero attached hydrogens (tertiary/aromatic N) is 4. The molecule has 3 aromatic heterocycles. The maximum atomic E-state index is 13.1. The van der Waals surface area contributed by atoms with Gasteiger partial charge in [0, 0.05) is 49.8 Å². The number of rotatable bonds is 3. The van der Waals surface area contributed by atoms with E-state index in [2.05, 4.69) is 72.4 Å². The van der Waals surface area contributed by atoms with Gasteiger partial charge in [-0.15, -0.1) is 0 Å². The number of benzene rings is 1. The van der Waals surface area contributed by atoms with Crippen molar-refractivity contribution in [2.24, 2.45) is 0 Å². The lowest BCUT2D eigenvalue weighted by Crippen LogP contribution is -2.48. The van der Waals surface area contributed by atoms with E-state index in [-0.39, 0.29) is 5.91 Å². The van der Waals surface area contributed by atoms with Crippen LogP contribution in [-0.2, 0) is 6.54 Å². The maximum Gasteiger partial charge on any atom is 0.270 e. The number of hydrogen-bond donors (Lipinski definition) is 1. The minimum absolute atomic E-state index is 0.0920. The van der Waals surface area contributed by atoms with Crippen LogP contribution in [0, 0.1) is 27.7 Å². The van der Waals surface area contributed by atoms with E-state index < -0.39 is 0 Å². The summed E-state index contributed by atoms with van der Waals surface area (Å²) in [4.78, 5) is 25.6. The van der Waals surface area contributed by atoms with E-state index in [4.69, 9.17) is 4.98 Å². The van der Waals surface area contributed by atoms with Crippen molar-refractivity contribution >= 4 is 22.5 Å². The van der Waals surface area contributed by atoms with Gasteiger partial charge in [0.05, 0.1) is 11.4 Å². The fraction of sp³-hybridized carbons (Fsp3) is 0.360. The number of pyridine rings is 1. The number of fused-ring (bicyclic) bond motifs is 2. The molecule has 31 heavy (non-hydrogen) atoms. The van der Waals surface area contributed by atoms with Crippen molar-refractivity contribution in [2.45, 2.75) is 34.2 Å². The molecule has 0 unspecified atom stereocenters. The van der Waals surface area contributed by atoms with Gasteiger partial charge in [-0.25, -0.2) is 4.98 Å². The Morgan fingerprint density at radius 2 is 1.77 bits per heavy atom. The molecular formula is C25H29N5O. The van der Waals surface area contributed by atoms with Gasteiger partial charge in [0.15, 0.2) is 0 Å². The van der Waals surface area contributed by atoms with Crippen LogP contribution in [0.4, 0.5) is 0 Å². The Morgan fingerprint density at radius 1 is 1.00 bits per heavy atom. The van der Waals surface area contributed by atoms with Crippen LogP contribution in [0.15, 0.2) is 36.5 Å². The summed E-state index contributed by atoms with van der Waals surface area (Å²) in [5.74, 6) is 0.0920. The zero-order valence-electron chi connectivity index (χ0n) is 18.7. The molecule has 1 N–H and O–H groups in total. The van der Waals surface area contributed by atoms with Gasteiger partial charge in [-0.1, -0.05) is 6.07 Å². The molecule has 1 fully saturated rings. The average molecular weight is 416 g/mol. The third kappa shape index (κ3) is 3.61. The monoisotopic (exact) mass is 415 g/mol. The van der Waals surface area contributed by atoms with Gasteiger partial charge in [0.1, 0.15) is 11.3 Å². The van der Waals surface area contributed by atoms with Crippen LogP contribution in [0.1, 0.15) is 38.6 Å². The van der Waals surface area contributed by atoms with Crippen LogP contribution in [0.25, 0.3) is 16.6 Å². The van der Waals surface area contributed by atoms with E-state index in [9.17, 15) is 4.79 Å². The Bertz CT molecular complexity index is 1290. The molecule has 0 bridgehead atoms. The van der Waals surface area contributed by atoms with Crippen molar-refractivity contribution in [1.29, 1.82) is 0 Å². The van der Waals surface area contributed by atoms with E-state index in [1.807, 2.05) is 11.0 Å². The van der Waals surface area contributed by atoms with Crippen LogP contribution < -0.4 is 0 Å². The number of imidazole rings is 1. The molecule has 6 heteroatoms. The van der Waals surface area contributed by atoms with Crippen molar-refractivity contribution in [1.82, 2.24) is 24.2 Å². The highest BCUT2D eigenvalue weighted by molar-refractivity contribution is 5.99. The number of nitrogens with one attached hydrogen (secondary N) is 1. The third-order valence-electron chi connectivity index (χ3n) is 6.43.